The van der Waals surface area contributed by atoms with E-state index in [4.69, 9.17) is 0 Å². The molecule has 39 valence electrons. The fraction of sp³-hybridized carbons (Fsp3) is 0.143. The Morgan fingerprint density at radius 2 is 2.12 bits per heavy atom. The van der Waals surface area contributed by atoms with Gasteiger partial charge in [-0.05, 0) is 0 Å². The molecule has 0 aliphatic rings. The molecular formula is C7H7Ti. The molecule has 0 bridgehead atoms. The molecule has 1 aromatic carbocycles. The van der Waals surface area contributed by atoms with Gasteiger partial charge in [-0.25, -0.2) is 0 Å². The fourth-order valence-electron chi connectivity index (χ4n) is 0.645. The molecule has 0 amide bonds. The Morgan fingerprint density at radius 1 is 1.38 bits per heavy atom. The molecule has 0 spiro atoms. The van der Waals surface area contributed by atoms with Crippen LogP contribution in [0.1, 0.15) is 5.56 Å². The maximum absolute atomic E-state index is 2.17. The summed E-state index contributed by atoms with van der Waals surface area (Å²) in [5.74, 6) is 0. The van der Waals surface area contributed by atoms with E-state index in [0.29, 0.717) is 0 Å². The molecule has 0 unspecified atom stereocenters. The van der Waals surface area contributed by atoms with Gasteiger partial charge in [0, 0.05) is 0 Å². The summed E-state index contributed by atoms with van der Waals surface area (Å²) < 4.78 is 1.34. The van der Waals surface area contributed by atoms with Crippen LogP contribution < -0.4 is 3.87 Å². The predicted octanol–water partition coefficient (Wildman–Crippen LogP) is 1.17. The van der Waals surface area contributed by atoms with Crippen molar-refractivity contribution in [3.63, 3.8) is 0 Å². The van der Waals surface area contributed by atoms with Gasteiger partial charge in [-0.2, -0.15) is 0 Å². The first-order chi connectivity index (χ1) is 3.79. The standard InChI is InChI=1S/C7H7.Ti/c1-7-5-3-2-4-6-7;/h2-3,5-6H,1H3;. The Bertz CT molecular complexity index is 164. The second kappa shape index (κ2) is 2.47. The van der Waals surface area contributed by atoms with Crippen LogP contribution in [0.2, 0.25) is 0 Å². The zero-order valence-electron chi connectivity index (χ0n) is 4.81. The van der Waals surface area contributed by atoms with E-state index in [1.807, 2.05) is 0 Å². The number of aryl methyl sites for hydroxylation is 1. The molecule has 0 N–H and O–H groups in total. The molecule has 1 rings (SSSR count). The molecule has 0 aromatic heterocycles. The molecule has 0 aliphatic carbocycles. The van der Waals surface area contributed by atoms with Crippen LogP contribution in [-0.4, -0.2) is 0 Å². The molecule has 0 radical (unpaired) electrons. The average Bonchev–Trinajstić information content (AvgIpc) is 1.64. The van der Waals surface area contributed by atoms with Crippen molar-refractivity contribution in [1.82, 2.24) is 0 Å². The molecule has 0 saturated carbocycles. The van der Waals surface area contributed by atoms with Crippen LogP contribution >= 0.6 is 0 Å². The average molecular weight is 139 g/mol. The van der Waals surface area contributed by atoms with Crippen LogP contribution in [0.4, 0.5) is 0 Å². The number of rotatable bonds is 0. The first kappa shape index (κ1) is 6.06. The van der Waals surface area contributed by atoms with Gasteiger partial charge < -0.3 is 0 Å². The van der Waals surface area contributed by atoms with Crippen LogP contribution in [0.3, 0.4) is 0 Å². The van der Waals surface area contributed by atoms with Crippen molar-refractivity contribution in [3.8, 4) is 0 Å². The van der Waals surface area contributed by atoms with E-state index in [2.05, 4.69) is 51.6 Å². The van der Waals surface area contributed by atoms with Crippen molar-refractivity contribution in [3.05, 3.63) is 29.8 Å². The number of hydrogen-bond acceptors (Lipinski definition) is 0. The monoisotopic (exact) mass is 139 g/mol. The Labute approximate surface area is 61.3 Å². The number of hydrogen-bond donors (Lipinski definition) is 0. The molecule has 0 nitrogen and oxygen atoms in total. The van der Waals surface area contributed by atoms with Gasteiger partial charge >= 0.3 is 61.1 Å². The van der Waals surface area contributed by atoms with E-state index < -0.39 is 0 Å². The zero-order chi connectivity index (χ0) is 5.98. The summed E-state index contributed by atoms with van der Waals surface area (Å²) in [4.78, 5) is 0. The fourth-order valence-corrected chi connectivity index (χ4v) is 1.15. The van der Waals surface area contributed by atoms with Crippen molar-refractivity contribution >= 4 is 3.87 Å². The molecule has 1 aromatic rings. The molecular weight excluding hydrogens is 132 g/mol. The molecule has 0 atom stereocenters. The predicted molar refractivity (Wildman–Crippen MR) is 30.8 cm³/mol. The van der Waals surface area contributed by atoms with E-state index >= 15 is 0 Å². The van der Waals surface area contributed by atoms with Gasteiger partial charge in [-0.1, -0.05) is 0 Å². The minimum atomic E-state index is 1.34. The normalized spacial score (nSPS) is 9.00. The van der Waals surface area contributed by atoms with E-state index in [1.54, 1.807) is 0 Å². The van der Waals surface area contributed by atoms with Crippen molar-refractivity contribution < 1.29 is 20.4 Å². The van der Waals surface area contributed by atoms with Gasteiger partial charge in [-0.15, -0.1) is 0 Å². The van der Waals surface area contributed by atoms with Crippen molar-refractivity contribution in [1.29, 1.82) is 0 Å². The van der Waals surface area contributed by atoms with Gasteiger partial charge in [-0.3, -0.25) is 0 Å². The van der Waals surface area contributed by atoms with E-state index in [9.17, 15) is 0 Å². The van der Waals surface area contributed by atoms with Gasteiger partial charge in [0.15, 0.2) is 0 Å². The first-order valence-corrected chi connectivity index (χ1v) is 3.35. The van der Waals surface area contributed by atoms with Crippen LogP contribution in [0.25, 0.3) is 0 Å². The van der Waals surface area contributed by atoms with Crippen LogP contribution in [0, 0.1) is 6.92 Å². The summed E-state index contributed by atoms with van der Waals surface area (Å²) in [6.45, 7) is 2.10. The molecule has 0 saturated heterocycles. The number of benzene rings is 1. The van der Waals surface area contributed by atoms with Crippen molar-refractivity contribution in [2.24, 2.45) is 0 Å². The Hall–Kier alpha value is -0.0657. The third kappa shape index (κ3) is 1.46. The van der Waals surface area contributed by atoms with Crippen molar-refractivity contribution in [2.45, 2.75) is 6.92 Å². The van der Waals surface area contributed by atoms with E-state index in [-0.39, 0.29) is 0 Å². The Balaban J connectivity index is 3.08. The molecule has 0 aliphatic heterocycles. The minimum absolute atomic E-state index is 1.34. The molecule has 1 heteroatoms. The summed E-state index contributed by atoms with van der Waals surface area (Å²) >= 11 is 2.10. The van der Waals surface area contributed by atoms with Gasteiger partial charge in [0.05, 0.1) is 0 Å². The summed E-state index contributed by atoms with van der Waals surface area (Å²) in [7, 11) is 0. The zero-order valence-corrected chi connectivity index (χ0v) is 6.37. The third-order valence-corrected chi connectivity index (χ3v) is 1.50. The second-order valence-corrected chi connectivity index (χ2v) is 2.77. The molecule has 0 heterocycles. The van der Waals surface area contributed by atoms with Gasteiger partial charge in [0.1, 0.15) is 0 Å². The van der Waals surface area contributed by atoms with E-state index in [1.165, 1.54) is 9.43 Å². The third-order valence-electron chi connectivity index (χ3n) is 1.02. The Kier molecular flexibility index (Phi) is 1.87. The van der Waals surface area contributed by atoms with Crippen LogP contribution in [0.5, 0.6) is 0 Å². The van der Waals surface area contributed by atoms with Crippen LogP contribution in [-0.2, 0) is 20.4 Å². The first-order valence-electron chi connectivity index (χ1n) is 2.57. The SMILES string of the molecule is Cc1ccc[c]([Ti])c1. The topological polar surface area (TPSA) is 0 Å². The van der Waals surface area contributed by atoms with Gasteiger partial charge in [0.2, 0.25) is 0 Å². The quantitative estimate of drug-likeness (QED) is 0.473. The van der Waals surface area contributed by atoms with Crippen LogP contribution in [0.15, 0.2) is 24.3 Å². The van der Waals surface area contributed by atoms with Crippen molar-refractivity contribution in [2.75, 3.05) is 0 Å². The molecule has 0 fully saturated rings. The maximum atomic E-state index is 2.17. The van der Waals surface area contributed by atoms with E-state index in [0.717, 1.165) is 0 Å². The summed E-state index contributed by atoms with van der Waals surface area (Å²) in [6.07, 6.45) is 0. The second-order valence-electron chi connectivity index (χ2n) is 1.87. The summed E-state index contributed by atoms with van der Waals surface area (Å²) in [6, 6.07) is 8.45. The van der Waals surface area contributed by atoms with Gasteiger partial charge in [0.25, 0.3) is 0 Å². The molecule has 8 heavy (non-hydrogen) atoms. The Morgan fingerprint density at radius 3 is 2.50 bits per heavy atom. The summed E-state index contributed by atoms with van der Waals surface area (Å²) in [5, 5.41) is 0. The summed E-state index contributed by atoms with van der Waals surface area (Å²) in [5.41, 5.74) is 1.34.